The van der Waals surface area contributed by atoms with Gasteiger partial charge in [-0.15, -0.1) is 0 Å². The Morgan fingerprint density at radius 3 is 1.33 bits per heavy atom. The summed E-state index contributed by atoms with van der Waals surface area (Å²) in [7, 11) is 0. The molecule has 0 aliphatic heterocycles. The molecule has 104 valence electrons. The Balaban J connectivity index is -0.000000219. The summed E-state index contributed by atoms with van der Waals surface area (Å²) >= 11 is 0.300. The fourth-order valence-electron chi connectivity index (χ4n) is 0.600. The van der Waals surface area contributed by atoms with E-state index in [1.54, 1.807) is 0 Å². The third-order valence-electron chi connectivity index (χ3n) is 1.44. The van der Waals surface area contributed by atoms with Crippen molar-refractivity contribution in [2.45, 2.75) is 39.5 Å². The summed E-state index contributed by atoms with van der Waals surface area (Å²) in [6.45, 7) is 4.44. The number of rotatable bonds is 6. The number of hydrogen-bond donors (Lipinski definition) is 0. The molecule has 0 unspecified atom stereocenters. The number of carbonyl (C=O) groups excluding carboxylic acids is 2. The molecule has 0 saturated carbocycles. The third kappa shape index (κ3) is 36.2. The molecule has 7 nitrogen and oxygen atoms in total. The number of hydrogen-bond acceptors (Lipinski definition) is 7. The molecule has 8 heteroatoms. The predicted octanol–water partition coefficient (Wildman–Crippen LogP) is -0.207. The van der Waals surface area contributed by atoms with E-state index in [2.05, 4.69) is 9.47 Å². The van der Waals surface area contributed by atoms with Crippen molar-refractivity contribution in [2.24, 2.45) is 0 Å². The molecule has 0 aromatic heterocycles. The van der Waals surface area contributed by atoms with E-state index < -0.39 is 12.3 Å². The number of carboxylic acid groups (broad SMARTS) is 2. The van der Waals surface area contributed by atoms with Crippen LogP contribution in [0.5, 0.6) is 0 Å². The van der Waals surface area contributed by atoms with Crippen LogP contribution in [0, 0.1) is 0 Å². The zero-order chi connectivity index (χ0) is 14.8. The van der Waals surface area contributed by atoms with Crippen LogP contribution in [-0.4, -0.2) is 48.0 Å². The van der Waals surface area contributed by atoms with Gasteiger partial charge in [0.2, 0.25) is 0 Å². The Bertz CT molecular complexity index is 179. The molecule has 0 aliphatic rings. The van der Waals surface area contributed by atoms with Crippen molar-refractivity contribution in [1.29, 1.82) is 0 Å². The van der Waals surface area contributed by atoms with Crippen molar-refractivity contribution in [2.75, 3.05) is 13.2 Å². The van der Waals surface area contributed by atoms with Crippen LogP contribution in [0.15, 0.2) is 0 Å². The van der Waals surface area contributed by atoms with Gasteiger partial charge in [0.25, 0.3) is 12.3 Å². The van der Waals surface area contributed by atoms with Crippen molar-refractivity contribution in [1.82, 2.24) is 0 Å². The quantitative estimate of drug-likeness (QED) is 0.362. The first kappa shape index (κ1) is 22.3. The summed E-state index contributed by atoms with van der Waals surface area (Å²) in [6, 6.07) is 0. The van der Waals surface area contributed by atoms with E-state index in [1.165, 1.54) is 0 Å². The van der Waals surface area contributed by atoms with E-state index in [0.717, 1.165) is 25.7 Å². The van der Waals surface area contributed by atoms with Crippen LogP contribution in [0.2, 0.25) is 0 Å². The molecule has 0 heterocycles. The van der Waals surface area contributed by atoms with Gasteiger partial charge in [-0.05, 0) is 12.8 Å². The summed E-state index contributed by atoms with van der Waals surface area (Å²) in [5.41, 5.74) is 0. The van der Waals surface area contributed by atoms with Crippen LogP contribution in [0.25, 0.3) is 0 Å². The van der Waals surface area contributed by atoms with Crippen molar-refractivity contribution in [3.8, 4) is 0 Å². The molecule has 0 spiro atoms. The van der Waals surface area contributed by atoms with Gasteiger partial charge in [0.05, 0.1) is 0 Å². The maximum atomic E-state index is 9.54. The summed E-state index contributed by atoms with van der Waals surface area (Å²) in [5.74, 6) is 0. The average molecular weight is 369 g/mol. The summed E-state index contributed by atoms with van der Waals surface area (Å²) in [6.07, 6.45) is 0.555. The Labute approximate surface area is 120 Å². The molecule has 0 amide bonds. The van der Waals surface area contributed by atoms with Crippen LogP contribution >= 0.6 is 0 Å². The molecular weight excluding hydrogens is 351 g/mol. The molecule has 0 radical (unpaired) electrons. The van der Waals surface area contributed by atoms with Crippen molar-refractivity contribution in [3.05, 3.63) is 0 Å². The van der Waals surface area contributed by atoms with Crippen molar-refractivity contribution >= 4 is 34.8 Å². The van der Waals surface area contributed by atoms with E-state index in [4.69, 9.17) is 3.08 Å². The standard InChI is InChI=1S/2C5H10O3.O.Sn/c2*1-2-3-4-8-5(6)7;;/h2*2-4H2,1H3,(H,6,7);;/q;;;+2/p-2. The number of carbonyl (C=O) groups is 2. The maximum absolute atomic E-state index is 9.54. The molecule has 0 aromatic carbocycles. The zero-order valence-electron chi connectivity index (χ0n) is 10.6. The Morgan fingerprint density at radius 2 is 1.17 bits per heavy atom. The molecule has 0 aliphatic carbocycles. The fourth-order valence-corrected chi connectivity index (χ4v) is 0.600. The molecule has 0 atom stereocenters. The second-order valence-electron chi connectivity index (χ2n) is 2.90. The monoisotopic (exact) mass is 370 g/mol. The Morgan fingerprint density at radius 1 is 0.889 bits per heavy atom. The molecule has 0 fully saturated rings. The Hall–Kier alpha value is -0.861. The van der Waals surface area contributed by atoms with E-state index in [-0.39, 0.29) is 13.2 Å². The van der Waals surface area contributed by atoms with Gasteiger partial charge in [-0.3, -0.25) is 0 Å². The minimum atomic E-state index is -1.43. The number of ether oxygens (including phenoxy) is 2. The van der Waals surface area contributed by atoms with Crippen LogP contribution < -0.4 is 10.2 Å². The van der Waals surface area contributed by atoms with Crippen LogP contribution in [0.4, 0.5) is 9.59 Å². The van der Waals surface area contributed by atoms with Gasteiger partial charge >= 0.3 is 25.6 Å². The van der Waals surface area contributed by atoms with Gasteiger partial charge in [0, 0.05) is 13.2 Å². The van der Waals surface area contributed by atoms with Crippen molar-refractivity contribution < 1.29 is 32.4 Å². The van der Waals surface area contributed by atoms with E-state index in [1.807, 2.05) is 13.8 Å². The summed E-state index contributed by atoms with van der Waals surface area (Å²) < 4.78 is 16.5. The number of unbranched alkanes of at least 4 members (excludes halogenated alkanes) is 2. The van der Waals surface area contributed by atoms with Gasteiger partial charge < -0.3 is 29.3 Å². The fraction of sp³-hybridized carbons (Fsp3) is 0.800. The van der Waals surface area contributed by atoms with E-state index >= 15 is 0 Å². The van der Waals surface area contributed by atoms with Gasteiger partial charge in [-0.1, -0.05) is 26.7 Å². The molecule has 0 saturated heterocycles. The average Bonchev–Trinajstić information content (AvgIpc) is 2.32. The summed E-state index contributed by atoms with van der Waals surface area (Å²) in [5, 5.41) is 19.1. The normalized spacial score (nSPS) is 8.00. The molecule has 0 rings (SSSR count). The van der Waals surface area contributed by atoms with Gasteiger partial charge in [-0.25, -0.2) is 0 Å². The predicted molar refractivity (Wildman–Crippen MR) is 59.0 cm³/mol. The molecule has 0 bridgehead atoms. The van der Waals surface area contributed by atoms with Crippen LogP contribution in [0.1, 0.15) is 39.5 Å². The second kappa shape index (κ2) is 21.4. The summed E-state index contributed by atoms with van der Waals surface area (Å²) in [4.78, 5) is 19.1. The zero-order valence-corrected chi connectivity index (χ0v) is 13.5. The molecule has 0 aromatic rings. The molecule has 18 heavy (non-hydrogen) atoms. The Kier molecular flexibility index (Phi) is 26.6. The second-order valence-corrected chi connectivity index (χ2v) is 2.90. The molecule has 0 N–H and O–H groups in total. The van der Waals surface area contributed by atoms with Crippen LogP contribution in [-0.2, 0) is 12.6 Å². The van der Waals surface area contributed by atoms with Gasteiger partial charge in [0.15, 0.2) is 0 Å². The van der Waals surface area contributed by atoms with Crippen molar-refractivity contribution in [3.63, 3.8) is 0 Å². The van der Waals surface area contributed by atoms with E-state index in [0.29, 0.717) is 22.5 Å². The van der Waals surface area contributed by atoms with Crippen LogP contribution in [0.3, 0.4) is 0 Å². The third-order valence-corrected chi connectivity index (χ3v) is 1.44. The minimum absolute atomic E-state index is 0.263. The first-order valence-corrected chi connectivity index (χ1v) is 6.59. The first-order chi connectivity index (χ1) is 8.54. The van der Waals surface area contributed by atoms with E-state index in [9.17, 15) is 19.8 Å². The molecular formula is C10H18O7Sn. The first-order valence-electron chi connectivity index (χ1n) is 5.42. The van der Waals surface area contributed by atoms with Gasteiger partial charge in [0.1, 0.15) is 0 Å². The van der Waals surface area contributed by atoms with Gasteiger partial charge in [-0.2, -0.15) is 0 Å². The topological polar surface area (TPSA) is 116 Å². The SMILES string of the molecule is CCCCOC(=O)[O-].CCCCOC(=O)[O-].[O]=[Sn+2].